The number of H-pyrrole nitrogens is 1. The molecule has 11 heteroatoms. The first-order chi connectivity index (χ1) is 20.1. The molecule has 1 saturated carbocycles. The van der Waals surface area contributed by atoms with E-state index in [-0.39, 0.29) is 49.6 Å². The zero-order chi connectivity index (χ0) is 29.2. The van der Waals surface area contributed by atoms with Crippen LogP contribution in [0.25, 0.3) is 22.0 Å². The molecule has 218 valence electrons. The van der Waals surface area contributed by atoms with Crippen molar-refractivity contribution >= 4 is 34.5 Å². The highest BCUT2D eigenvalue weighted by atomic mass is 19.4. The maximum Gasteiger partial charge on any atom is 0.471 e. The minimum atomic E-state index is -4.95. The fraction of sp³-hybridized carbons (Fsp3) is 0.419. The normalized spacial score (nSPS) is 20.8. The molecule has 3 aliphatic heterocycles. The number of nitrogens with one attached hydrogen (secondary N) is 1. The van der Waals surface area contributed by atoms with Gasteiger partial charge in [0, 0.05) is 61.8 Å². The number of hydrogen-bond donors (Lipinski definition) is 1. The van der Waals surface area contributed by atoms with Crippen molar-refractivity contribution in [2.75, 3.05) is 32.7 Å². The molecular formula is C31H30F3N5O3. The van der Waals surface area contributed by atoms with E-state index >= 15 is 0 Å². The fourth-order valence-electron chi connectivity index (χ4n) is 6.39. The Hall–Kier alpha value is -4.15. The van der Waals surface area contributed by atoms with Crippen molar-refractivity contribution in [3.8, 4) is 11.1 Å². The van der Waals surface area contributed by atoms with Gasteiger partial charge in [-0.3, -0.25) is 24.3 Å². The van der Waals surface area contributed by atoms with Crippen LogP contribution in [0.1, 0.15) is 31.2 Å². The first-order valence-electron chi connectivity index (χ1n) is 14.4. The van der Waals surface area contributed by atoms with E-state index in [0.717, 1.165) is 45.3 Å². The van der Waals surface area contributed by atoms with Crippen LogP contribution in [0.2, 0.25) is 0 Å². The number of alkyl halides is 3. The zero-order valence-electron chi connectivity index (χ0n) is 22.9. The number of aromatic amines is 1. The number of aromatic nitrogens is 1. The lowest BCUT2D eigenvalue weighted by atomic mass is 9.87. The maximum absolute atomic E-state index is 13.9. The Bertz CT molecular complexity index is 1590. The molecule has 8 nitrogen and oxygen atoms in total. The number of amidine groups is 1. The number of nitrogens with zero attached hydrogens (tertiary/aromatic N) is 4. The average Bonchev–Trinajstić information content (AvgIpc) is 3.65. The van der Waals surface area contributed by atoms with Gasteiger partial charge >= 0.3 is 12.1 Å². The number of amides is 3. The number of benzene rings is 2. The van der Waals surface area contributed by atoms with Gasteiger partial charge in [0.05, 0.1) is 0 Å². The van der Waals surface area contributed by atoms with E-state index < -0.39 is 17.6 Å². The second-order valence-corrected chi connectivity index (χ2v) is 11.9. The highest BCUT2D eigenvalue weighted by Gasteiger charge is 2.53. The summed E-state index contributed by atoms with van der Waals surface area (Å²) in [5.74, 6) is -1.22. The third-order valence-electron chi connectivity index (χ3n) is 9.01. The molecule has 4 heterocycles. The summed E-state index contributed by atoms with van der Waals surface area (Å²) in [6, 6.07) is 16.0. The summed E-state index contributed by atoms with van der Waals surface area (Å²) >= 11 is 0. The highest BCUT2D eigenvalue weighted by molar-refractivity contribution is 6.15. The summed E-state index contributed by atoms with van der Waals surface area (Å²) in [7, 11) is 0. The van der Waals surface area contributed by atoms with Crippen LogP contribution in [-0.4, -0.2) is 87.7 Å². The molecule has 0 bridgehead atoms. The summed E-state index contributed by atoms with van der Waals surface area (Å²) in [6.07, 6.45) is -1.13. The van der Waals surface area contributed by atoms with Crippen LogP contribution in [0, 0.1) is 11.8 Å². The monoisotopic (exact) mass is 577 g/mol. The summed E-state index contributed by atoms with van der Waals surface area (Å²) < 4.78 is 39.1. The third kappa shape index (κ3) is 4.64. The number of aliphatic imine (C=N–C) groups is 1. The molecule has 7 rings (SSSR count). The van der Waals surface area contributed by atoms with Crippen molar-refractivity contribution in [3.05, 3.63) is 60.3 Å². The lowest BCUT2D eigenvalue weighted by molar-refractivity contribution is -0.187. The molecule has 3 amide bonds. The standard InChI is InChI=1S/C31H30F3N5O3/c32-31(33,34)29(42)37-13-10-30(11-14-37)28(41)39(18-19-16-38(17-19)27(40)22-5-6-22)26(36-30)21-3-1-20(2-4-21)23-7-8-25-24(15-23)9-12-35-25/h1-4,7-9,12,15,19,22,35H,5-6,10-11,13-14,16-18H2. The largest absolute Gasteiger partial charge is 0.471 e. The Morgan fingerprint density at radius 3 is 2.26 bits per heavy atom. The number of rotatable bonds is 5. The first-order valence-corrected chi connectivity index (χ1v) is 14.4. The van der Waals surface area contributed by atoms with Crippen molar-refractivity contribution in [2.45, 2.75) is 37.4 Å². The van der Waals surface area contributed by atoms with Gasteiger partial charge in [-0.2, -0.15) is 13.2 Å². The van der Waals surface area contributed by atoms with Crippen molar-refractivity contribution in [2.24, 2.45) is 16.8 Å². The Labute approximate surface area is 240 Å². The second kappa shape index (κ2) is 9.71. The van der Waals surface area contributed by atoms with Crippen molar-refractivity contribution < 1.29 is 27.6 Å². The van der Waals surface area contributed by atoms with Gasteiger partial charge in [0.1, 0.15) is 11.4 Å². The van der Waals surface area contributed by atoms with Gasteiger partial charge in [0.2, 0.25) is 5.91 Å². The lowest BCUT2D eigenvalue weighted by Gasteiger charge is -2.42. The van der Waals surface area contributed by atoms with Gasteiger partial charge < -0.3 is 14.8 Å². The van der Waals surface area contributed by atoms with Crippen molar-refractivity contribution in [1.82, 2.24) is 19.7 Å². The van der Waals surface area contributed by atoms with Gasteiger partial charge in [-0.05, 0) is 60.4 Å². The van der Waals surface area contributed by atoms with Gasteiger partial charge in [0.15, 0.2) is 0 Å². The summed E-state index contributed by atoms with van der Waals surface area (Å²) in [4.78, 5) is 50.5. The van der Waals surface area contributed by atoms with Crippen molar-refractivity contribution in [1.29, 1.82) is 0 Å². The predicted molar refractivity (Wildman–Crippen MR) is 149 cm³/mol. The first kappa shape index (κ1) is 26.7. The molecule has 1 aliphatic carbocycles. The van der Waals surface area contributed by atoms with Crippen molar-refractivity contribution in [3.63, 3.8) is 0 Å². The van der Waals surface area contributed by atoms with Crippen LogP contribution in [0.5, 0.6) is 0 Å². The van der Waals surface area contributed by atoms with E-state index in [1.54, 1.807) is 4.90 Å². The Morgan fingerprint density at radius 1 is 0.929 bits per heavy atom. The molecule has 1 aromatic heterocycles. The van der Waals surface area contributed by atoms with Crippen LogP contribution in [0.3, 0.4) is 0 Å². The Kier molecular flexibility index (Phi) is 6.18. The minimum absolute atomic E-state index is 0.0272. The van der Waals surface area contributed by atoms with E-state index in [1.165, 1.54) is 0 Å². The van der Waals surface area contributed by atoms with Gasteiger partial charge in [0.25, 0.3) is 5.91 Å². The Balaban J connectivity index is 1.14. The molecule has 3 fully saturated rings. The molecule has 42 heavy (non-hydrogen) atoms. The quantitative estimate of drug-likeness (QED) is 0.493. The summed E-state index contributed by atoms with van der Waals surface area (Å²) in [6.45, 7) is 1.15. The fourth-order valence-corrected chi connectivity index (χ4v) is 6.39. The molecule has 2 saturated heterocycles. The number of hydrogen-bond acceptors (Lipinski definition) is 4. The van der Waals surface area contributed by atoms with E-state index in [1.807, 2.05) is 53.6 Å². The number of likely N-dealkylation sites (tertiary alicyclic amines) is 2. The predicted octanol–water partition coefficient (Wildman–Crippen LogP) is 4.22. The van der Waals surface area contributed by atoms with Crippen LogP contribution >= 0.6 is 0 Å². The number of fused-ring (bicyclic) bond motifs is 1. The molecular weight excluding hydrogens is 547 g/mol. The SMILES string of the molecule is O=C(C1CC1)N1CC(CN2C(=O)C3(CCN(C(=O)C(F)(F)F)CC3)N=C2c2ccc(-c3ccc4[nH]ccc4c3)cc2)C1. The molecule has 0 atom stereocenters. The smallest absolute Gasteiger partial charge is 0.361 e. The van der Waals surface area contributed by atoms with Gasteiger partial charge in [-0.1, -0.05) is 30.3 Å². The Morgan fingerprint density at radius 2 is 1.60 bits per heavy atom. The van der Waals surface area contributed by atoms with E-state index in [0.29, 0.717) is 25.5 Å². The second-order valence-electron chi connectivity index (χ2n) is 11.9. The average molecular weight is 578 g/mol. The van der Waals surface area contributed by atoms with Crippen LogP contribution < -0.4 is 0 Å². The molecule has 0 radical (unpaired) electrons. The van der Waals surface area contributed by atoms with Crippen LogP contribution in [0.4, 0.5) is 13.2 Å². The van der Waals surface area contributed by atoms with E-state index in [4.69, 9.17) is 4.99 Å². The summed E-state index contributed by atoms with van der Waals surface area (Å²) in [5.41, 5.74) is 2.63. The van der Waals surface area contributed by atoms with Crippen LogP contribution in [-0.2, 0) is 14.4 Å². The molecule has 4 aliphatic rings. The number of carbonyl (C=O) groups is 3. The minimum Gasteiger partial charge on any atom is -0.361 e. The number of carbonyl (C=O) groups excluding carboxylic acids is 3. The highest BCUT2D eigenvalue weighted by Crippen LogP contribution is 2.38. The lowest BCUT2D eigenvalue weighted by Crippen LogP contribution is -2.57. The molecule has 3 aromatic rings. The number of halogens is 3. The summed E-state index contributed by atoms with van der Waals surface area (Å²) in [5, 5.41) is 1.10. The molecule has 1 N–H and O–H groups in total. The third-order valence-corrected chi connectivity index (χ3v) is 9.01. The van der Waals surface area contributed by atoms with Gasteiger partial charge in [-0.15, -0.1) is 0 Å². The van der Waals surface area contributed by atoms with Crippen LogP contribution in [0.15, 0.2) is 59.7 Å². The van der Waals surface area contributed by atoms with E-state index in [9.17, 15) is 27.6 Å². The zero-order valence-corrected chi connectivity index (χ0v) is 22.9. The number of piperidine rings is 1. The van der Waals surface area contributed by atoms with Gasteiger partial charge in [-0.25, -0.2) is 0 Å². The molecule has 2 aromatic carbocycles. The molecule has 1 spiro atoms. The molecule has 0 unspecified atom stereocenters. The topological polar surface area (TPSA) is 89.1 Å². The van der Waals surface area contributed by atoms with E-state index in [2.05, 4.69) is 11.1 Å². The maximum atomic E-state index is 13.9.